The second-order valence-corrected chi connectivity index (χ2v) is 11.8. The first-order valence-electron chi connectivity index (χ1n) is 14.8. The second-order valence-electron chi connectivity index (χ2n) is 11.8. The van der Waals surface area contributed by atoms with Crippen LogP contribution >= 0.6 is 0 Å². The molecule has 8 heteroatoms. The van der Waals surface area contributed by atoms with Crippen LogP contribution in [0.15, 0.2) is 54.6 Å². The van der Waals surface area contributed by atoms with Gasteiger partial charge in [0.25, 0.3) is 0 Å². The smallest absolute Gasteiger partial charge is 0.411 e. The number of hydrogen-bond donors (Lipinski definition) is 1. The summed E-state index contributed by atoms with van der Waals surface area (Å²) in [5, 5.41) is 2.91. The fourth-order valence-corrected chi connectivity index (χ4v) is 6.37. The van der Waals surface area contributed by atoms with Gasteiger partial charge < -0.3 is 14.5 Å². The largest absolute Gasteiger partial charge is 0.446 e. The first-order chi connectivity index (χ1) is 19.4. The Balaban J connectivity index is 1.01. The zero-order valence-corrected chi connectivity index (χ0v) is 23.6. The number of benzene rings is 2. The van der Waals surface area contributed by atoms with Crippen molar-refractivity contribution in [3.05, 3.63) is 54.6 Å². The molecule has 0 spiro atoms. The highest BCUT2D eigenvalue weighted by Gasteiger charge is 2.31. The van der Waals surface area contributed by atoms with Gasteiger partial charge in [-0.25, -0.2) is 4.79 Å². The van der Waals surface area contributed by atoms with Crippen molar-refractivity contribution in [3.63, 3.8) is 0 Å². The van der Waals surface area contributed by atoms with E-state index in [4.69, 9.17) is 4.74 Å². The molecule has 1 N–H and O–H groups in total. The van der Waals surface area contributed by atoms with E-state index in [0.717, 1.165) is 62.4 Å². The van der Waals surface area contributed by atoms with E-state index in [1.807, 2.05) is 59.5 Å². The van der Waals surface area contributed by atoms with E-state index < -0.39 is 6.09 Å². The SMILES string of the molecule is CN1CC[C@@H](CC(=O)C[C@@H]2CCN(C(=O)CN3CCC(OC(=O)Nc4ccccc4-c4ccccc4)CC3)C2)C1. The summed E-state index contributed by atoms with van der Waals surface area (Å²) < 4.78 is 5.74. The van der Waals surface area contributed by atoms with Crippen LogP contribution in [0.2, 0.25) is 0 Å². The number of carbonyl (C=O) groups excluding carboxylic acids is 3. The predicted octanol–water partition coefficient (Wildman–Crippen LogP) is 4.52. The molecule has 8 nitrogen and oxygen atoms in total. The molecule has 0 radical (unpaired) electrons. The average molecular weight is 547 g/mol. The van der Waals surface area contributed by atoms with Crippen LogP contribution in [0.3, 0.4) is 0 Å². The van der Waals surface area contributed by atoms with Gasteiger partial charge >= 0.3 is 6.09 Å². The summed E-state index contributed by atoms with van der Waals surface area (Å²) in [6, 6.07) is 17.7. The highest BCUT2D eigenvalue weighted by atomic mass is 16.6. The summed E-state index contributed by atoms with van der Waals surface area (Å²) in [5.74, 6) is 1.29. The standard InChI is InChI=1S/C32H42N4O4/c1-34-15-11-24(21-34)19-27(37)20-25-12-18-36(22-25)31(38)23-35-16-13-28(14-17-35)40-32(39)33-30-10-6-5-9-29(30)26-7-3-2-4-8-26/h2-10,24-25,28H,11-23H2,1H3,(H,33,39)/t24-,25-/m0/s1. The first-order valence-corrected chi connectivity index (χ1v) is 14.8. The molecule has 3 aliphatic heterocycles. The number of amides is 2. The van der Waals surface area contributed by atoms with Gasteiger partial charge in [0.1, 0.15) is 11.9 Å². The monoisotopic (exact) mass is 546 g/mol. The molecule has 0 saturated carbocycles. The molecule has 2 aromatic carbocycles. The third-order valence-electron chi connectivity index (χ3n) is 8.58. The summed E-state index contributed by atoms with van der Waals surface area (Å²) in [6.45, 7) is 5.37. The number of nitrogens with one attached hydrogen (secondary N) is 1. The van der Waals surface area contributed by atoms with Crippen LogP contribution in [0.25, 0.3) is 11.1 Å². The van der Waals surface area contributed by atoms with Gasteiger partial charge in [-0.1, -0.05) is 48.5 Å². The van der Waals surface area contributed by atoms with E-state index in [1.165, 1.54) is 0 Å². The molecule has 2 amide bonds. The minimum atomic E-state index is -0.449. The molecular weight excluding hydrogens is 504 g/mol. The van der Waals surface area contributed by atoms with Crippen molar-refractivity contribution < 1.29 is 19.1 Å². The Morgan fingerprint density at radius 1 is 0.825 bits per heavy atom. The summed E-state index contributed by atoms with van der Waals surface area (Å²) >= 11 is 0. The zero-order chi connectivity index (χ0) is 27.9. The fourth-order valence-electron chi connectivity index (χ4n) is 6.37. The quantitative estimate of drug-likeness (QED) is 0.498. The summed E-state index contributed by atoms with van der Waals surface area (Å²) in [6.07, 6.45) is 4.11. The molecule has 0 aromatic heterocycles. The van der Waals surface area contributed by atoms with Crippen molar-refractivity contribution in [2.45, 2.75) is 44.6 Å². The molecule has 3 saturated heterocycles. The van der Waals surface area contributed by atoms with Crippen molar-refractivity contribution in [1.29, 1.82) is 0 Å². The minimum absolute atomic E-state index is 0.141. The van der Waals surface area contributed by atoms with Gasteiger partial charge in [-0.3, -0.25) is 19.8 Å². The first kappa shape index (κ1) is 28.3. The van der Waals surface area contributed by atoms with Crippen LogP contribution in [0.5, 0.6) is 0 Å². The Kier molecular flexibility index (Phi) is 9.49. The fraction of sp³-hybridized carbons (Fsp3) is 0.531. The molecule has 3 aliphatic rings. The van der Waals surface area contributed by atoms with Crippen LogP contribution in [-0.4, -0.2) is 91.4 Å². The number of ketones is 1. The third-order valence-corrected chi connectivity index (χ3v) is 8.58. The van der Waals surface area contributed by atoms with Crippen LogP contribution in [0.1, 0.15) is 38.5 Å². The molecule has 0 unspecified atom stereocenters. The lowest BCUT2D eigenvalue weighted by Gasteiger charge is -2.32. The highest BCUT2D eigenvalue weighted by Crippen LogP contribution is 2.28. The van der Waals surface area contributed by atoms with E-state index in [1.54, 1.807) is 0 Å². The molecule has 3 fully saturated rings. The Morgan fingerprint density at radius 2 is 1.50 bits per heavy atom. The Labute approximate surface area is 237 Å². The van der Waals surface area contributed by atoms with Crippen molar-refractivity contribution in [1.82, 2.24) is 14.7 Å². The summed E-state index contributed by atoms with van der Waals surface area (Å²) in [7, 11) is 2.12. The number of piperidine rings is 1. The predicted molar refractivity (Wildman–Crippen MR) is 156 cm³/mol. The minimum Gasteiger partial charge on any atom is -0.446 e. The zero-order valence-electron chi connectivity index (χ0n) is 23.6. The second kappa shape index (κ2) is 13.4. The molecule has 40 heavy (non-hydrogen) atoms. The number of likely N-dealkylation sites (tertiary alicyclic amines) is 3. The van der Waals surface area contributed by atoms with Gasteiger partial charge in [0.2, 0.25) is 5.91 Å². The number of carbonyl (C=O) groups is 3. The van der Waals surface area contributed by atoms with Gasteiger partial charge in [-0.2, -0.15) is 0 Å². The maximum absolute atomic E-state index is 13.0. The molecule has 2 atom stereocenters. The maximum Gasteiger partial charge on any atom is 0.411 e. The molecule has 5 rings (SSSR count). The van der Waals surface area contributed by atoms with Gasteiger partial charge in [-0.15, -0.1) is 0 Å². The summed E-state index contributed by atoms with van der Waals surface area (Å²) in [4.78, 5) is 44.6. The molecule has 214 valence electrons. The van der Waals surface area contributed by atoms with Crippen LogP contribution in [0, 0.1) is 11.8 Å². The van der Waals surface area contributed by atoms with E-state index >= 15 is 0 Å². The van der Waals surface area contributed by atoms with Crippen molar-refractivity contribution in [2.24, 2.45) is 11.8 Å². The lowest BCUT2D eigenvalue weighted by molar-refractivity contribution is -0.132. The Morgan fingerprint density at radius 3 is 2.23 bits per heavy atom. The number of Topliss-reactive ketones (excluding diaryl/α,β-unsaturated/α-hetero) is 1. The number of para-hydroxylation sites is 1. The third kappa shape index (κ3) is 7.70. The van der Waals surface area contributed by atoms with Gasteiger partial charge in [-0.05, 0) is 62.7 Å². The van der Waals surface area contributed by atoms with Crippen molar-refractivity contribution in [3.8, 4) is 11.1 Å². The Hall–Kier alpha value is -3.23. The number of ether oxygens (including phenoxy) is 1. The molecule has 0 bridgehead atoms. The number of nitrogens with zero attached hydrogens (tertiary/aromatic N) is 3. The molecule has 2 aromatic rings. The molecular formula is C32H42N4O4. The summed E-state index contributed by atoms with van der Waals surface area (Å²) in [5.41, 5.74) is 2.70. The van der Waals surface area contributed by atoms with Crippen molar-refractivity contribution in [2.75, 3.05) is 58.2 Å². The van der Waals surface area contributed by atoms with Gasteiger partial charge in [0.15, 0.2) is 0 Å². The van der Waals surface area contributed by atoms with E-state index in [2.05, 4.69) is 22.2 Å². The van der Waals surface area contributed by atoms with E-state index in [9.17, 15) is 14.4 Å². The average Bonchev–Trinajstić information content (AvgIpc) is 3.59. The molecule has 3 heterocycles. The van der Waals surface area contributed by atoms with E-state index in [-0.39, 0.29) is 12.0 Å². The number of anilines is 1. The normalized spacial score (nSPS) is 22.4. The lowest BCUT2D eigenvalue weighted by Crippen LogP contribution is -2.44. The van der Waals surface area contributed by atoms with E-state index in [0.29, 0.717) is 56.4 Å². The maximum atomic E-state index is 13.0. The number of rotatable bonds is 9. The lowest BCUT2D eigenvalue weighted by atomic mass is 9.94. The van der Waals surface area contributed by atoms with Gasteiger partial charge in [0, 0.05) is 51.1 Å². The molecule has 0 aliphatic carbocycles. The highest BCUT2D eigenvalue weighted by molar-refractivity contribution is 5.91. The van der Waals surface area contributed by atoms with Crippen molar-refractivity contribution >= 4 is 23.5 Å². The van der Waals surface area contributed by atoms with Crippen LogP contribution in [-0.2, 0) is 14.3 Å². The topological polar surface area (TPSA) is 82.2 Å². The van der Waals surface area contributed by atoms with Crippen LogP contribution in [0.4, 0.5) is 10.5 Å². The van der Waals surface area contributed by atoms with Gasteiger partial charge in [0.05, 0.1) is 12.2 Å². The Bertz CT molecular complexity index is 1160. The van der Waals surface area contributed by atoms with Crippen LogP contribution < -0.4 is 5.32 Å². The number of hydrogen-bond acceptors (Lipinski definition) is 6.